The predicted octanol–water partition coefficient (Wildman–Crippen LogP) is 4.64. The Labute approximate surface area is 133 Å². The van der Waals surface area contributed by atoms with Crippen molar-refractivity contribution in [2.75, 3.05) is 0 Å². The zero-order chi connectivity index (χ0) is 15.5. The molecule has 0 aliphatic heterocycles. The predicted molar refractivity (Wildman–Crippen MR) is 87.4 cm³/mol. The van der Waals surface area contributed by atoms with E-state index in [1.165, 1.54) is 0 Å². The molecule has 0 aliphatic carbocycles. The Hall–Kier alpha value is -2.70. The van der Waals surface area contributed by atoms with Gasteiger partial charge in [-0.2, -0.15) is 5.26 Å². The van der Waals surface area contributed by atoms with Crippen LogP contribution in [0.15, 0.2) is 54.9 Å². The summed E-state index contributed by atoms with van der Waals surface area (Å²) in [5, 5.41) is 9.48. The Morgan fingerprint density at radius 1 is 0.955 bits per heavy atom. The lowest BCUT2D eigenvalue weighted by Crippen LogP contribution is -1.91. The molecule has 2 heterocycles. The Kier molecular flexibility index (Phi) is 3.86. The lowest BCUT2D eigenvalue weighted by Gasteiger charge is -2.10. The van der Waals surface area contributed by atoms with Crippen molar-refractivity contribution in [3.8, 4) is 28.5 Å². The number of nitrogens with zero attached hydrogens (tertiary/aromatic N) is 3. The molecule has 3 rings (SSSR count). The Balaban J connectivity index is 2.15. The summed E-state index contributed by atoms with van der Waals surface area (Å²) in [5.41, 5.74) is 5.21. The van der Waals surface area contributed by atoms with Crippen LogP contribution in [-0.4, -0.2) is 9.97 Å². The van der Waals surface area contributed by atoms with Crippen LogP contribution in [0.5, 0.6) is 0 Å². The molecule has 3 aromatic rings. The van der Waals surface area contributed by atoms with Gasteiger partial charge in [-0.15, -0.1) is 0 Å². The molecule has 0 unspecified atom stereocenters. The summed E-state index contributed by atoms with van der Waals surface area (Å²) in [7, 11) is 0. The van der Waals surface area contributed by atoms with E-state index >= 15 is 0 Å². The van der Waals surface area contributed by atoms with Crippen molar-refractivity contribution in [1.29, 1.82) is 5.26 Å². The molecule has 0 saturated carbocycles. The molecule has 0 spiro atoms. The standard InChI is InChI=1S/C18H12ClN3/c1-12-2-5-15(10-21-12)18-17(8-16(19)11-22-18)14-6-3-13(9-20)4-7-14/h2-8,10-11H,1H3. The van der Waals surface area contributed by atoms with Crippen molar-refractivity contribution in [2.24, 2.45) is 0 Å². The van der Waals surface area contributed by atoms with Crippen LogP contribution in [0.25, 0.3) is 22.4 Å². The third-order valence-electron chi connectivity index (χ3n) is 3.36. The molecule has 0 amide bonds. The zero-order valence-corrected chi connectivity index (χ0v) is 12.7. The van der Waals surface area contributed by atoms with Gasteiger partial charge in [0.2, 0.25) is 0 Å². The van der Waals surface area contributed by atoms with Crippen molar-refractivity contribution < 1.29 is 0 Å². The summed E-state index contributed by atoms with van der Waals surface area (Å²) in [6, 6.07) is 15.3. The fourth-order valence-corrected chi connectivity index (χ4v) is 2.38. The minimum absolute atomic E-state index is 0.572. The smallest absolute Gasteiger partial charge is 0.0991 e. The van der Waals surface area contributed by atoms with Gasteiger partial charge in [0.05, 0.1) is 22.3 Å². The zero-order valence-electron chi connectivity index (χ0n) is 11.9. The number of pyridine rings is 2. The second kappa shape index (κ2) is 5.97. The topological polar surface area (TPSA) is 49.6 Å². The molecule has 0 saturated heterocycles. The minimum atomic E-state index is 0.572. The number of nitriles is 1. The normalized spacial score (nSPS) is 10.2. The van der Waals surface area contributed by atoms with Gasteiger partial charge >= 0.3 is 0 Å². The maximum Gasteiger partial charge on any atom is 0.0991 e. The number of halogens is 1. The van der Waals surface area contributed by atoms with Crippen molar-refractivity contribution in [3.63, 3.8) is 0 Å². The van der Waals surface area contributed by atoms with Crippen LogP contribution in [0.2, 0.25) is 5.02 Å². The highest BCUT2D eigenvalue weighted by Gasteiger charge is 2.10. The molecular formula is C18H12ClN3. The first kappa shape index (κ1) is 14.2. The number of aromatic nitrogens is 2. The monoisotopic (exact) mass is 305 g/mol. The van der Waals surface area contributed by atoms with Crippen LogP contribution in [0.3, 0.4) is 0 Å². The highest BCUT2D eigenvalue weighted by Crippen LogP contribution is 2.32. The number of benzene rings is 1. The first-order chi connectivity index (χ1) is 10.7. The average Bonchev–Trinajstić information content (AvgIpc) is 2.56. The van der Waals surface area contributed by atoms with E-state index in [4.69, 9.17) is 16.9 Å². The van der Waals surface area contributed by atoms with Crippen molar-refractivity contribution in [2.45, 2.75) is 6.92 Å². The van der Waals surface area contributed by atoms with Crippen molar-refractivity contribution in [1.82, 2.24) is 9.97 Å². The van der Waals surface area contributed by atoms with Gasteiger partial charge in [-0.1, -0.05) is 23.7 Å². The first-order valence-electron chi connectivity index (χ1n) is 6.76. The van der Waals surface area contributed by atoms with E-state index in [2.05, 4.69) is 16.0 Å². The van der Waals surface area contributed by atoms with E-state index < -0.39 is 0 Å². The SMILES string of the molecule is Cc1ccc(-c2ncc(Cl)cc2-c2ccc(C#N)cc2)cn1. The molecule has 2 aromatic heterocycles. The summed E-state index contributed by atoms with van der Waals surface area (Å²) in [5.74, 6) is 0. The fraction of sp³-hybridized carbons (Fsp3) is 0.0556. The minimum Gasteiger partial charge on any atom is -0.261 e. The largest absolute Gasteiger partial charge is 0.261 e. The molecule has 106 valence electrons. The van der Waals surface area contributed by atoms with Gasteiger partial charge in [0.1, 0.15) is 0 Å². The maximum atomic E-state index is 8.91. The van der Waals surface area contributed by atoms with Crippen LogP contribution >= 0.6 is 11.6 Å². The van der Waals surface area contributed by atoms with Crippen molar-refractivity contribution in [3.05, 3.63) is 71.1 Å². The molecule has 0 atom stereocenters. The maximum absolute atomic E-state index is 8.91. The highest BCUT2D eigenvalue weighted by molar-refractivity contribution is 6.30. The van der Waals surface area contributed by atoms with Crippen LogP contribution in [0.1, 0.15) is 11.3 Å². The van der Waals surface area contributed by atoms with E-state index in [1.807, 2.05) is 37.3 Å². The molecule has 3 nitrogen and oxygen atoms in total. The molecule has 0 fully saturated rings. The molecule has 0 bridgehead atoms. The Morgan fingerprint density at radius 2 is 1.68 bits per heavy atom. The van der Waals surface area contributed by atoms with E-state index in [0.29, 0.717) is 10.6 Å². The molecule has 22 heavy (non-hydrogen) atoms. The third-order valence-corrected chi connectivity index (χ3v) is 3.57. The second-order valence-electron chi connectivity index (χ2n) is 4.93. The molecule has 0 aliphatic rings. The lowest BCUT2D eigenvalue weighted by molar-refractivity contribution is 1.19. The highest BCUT2D eigenvalue weighted by atomic mass is 35.5. The number of rotatable bonds is 2. The second-order valence-corrected chi connectivity index (χ2v) is 5.36. The molecule has 0 N–H and O–H groups in total. The number of hydrogen-bond acceptors (Lipinski definition) is 3. The number of hydrogen-bond donors (Lipinski definition) is 0. The van der Waals surface area contributed by atoms with Crippen LogP contribution in [0, 0.1) is 18.3 Å². The summed E-state index contributed by atoms with van der Waals surface area (Å²) >= 11 is 6.11. The van der Waals surface area contributed by atoms with E-state index in [-0.39, 0.29) is 0 Å². The van der Waals surface area contributed by atoms with Gasteiger partial charge in [0.15, 0.2) is 0 Å². The third kappa shape index (κ3) is 2.83. The summed E-state index contributed by atoms with van der Waals surface area (Å²) < 4.78 is 0. The summed E-state index contributed by atoms with van der Waals surface area (Å²) in [4.78, 5) is 8.78. The van der Waals surface area contributed by atoms with Gasteiger partial charge in [-0.3, -0.25) is 9.97 Å². The van der Waals surface area contributed by atoms with Crippen LogP contribution in [-0.2, 0) is 0 Å². The van der Waals surface area contributed by atoms with E-state index in [9.17, 15) is 0 Å². The van der Waals surface area contributed by atoms with Crippen molar-refractivity contribution >= 4 is 11.6 Å². The van der Waals surface area contributed by atoms with Crippen LogP contribution in [0.4, 0.5) is 0 Å². The number of aryl methyl sites for hydroxylation is 1. The molecular weight excluding hydrogens is 294 g/mol. The van der Waals surface area contributed by atoms with E-state index in [1.54, 1.807) is 24.5 Å². The molecule has 0 radical (unpaired) electrons. The first-order valence-corrected chi connectivity index (χ1v) is 7.14. The summed E-state index contributed by atoms with van der Waals surface area (Å²) in [6.07, 6.45) is 3.43. The van der Waals surface area contributed by atoms with Gasteiger partial charge in [-0.05, 0) is 42.8 Å². The average molecular weight is 306 g/mol. The summed E-state index contributed by atoms with van der Waals surface area (Å²) in [6.45, 7) is 1.95. The molecule has 4 heteroatoms. The van der Waals surface area contributed by atoms with Gasteiger partial charge in [0, 0.05) is 29.2 Å². The Morgan fingerprint density at radius 3 is 2.32 bits per heavy atom. The Bertz CT molecular complexity index is 847. The fourth-order valence-electron chi connectivity index (χ4n) is 2.22. The lowest BCUT2D eigenvalue weighted by atomic mass is 9.99. The quantitative estimate of drug-likeness (QED) is 0.692. The van der Waals surface area contributed by atoms with Gasteiger partial charge < -0.3 is 0 Å². The van der Waals surface area contributed by atoms with E-state index in [0.717, 1.165) is 28.1 Å². The van der Waals surface area contributed by atoms with Gasteiger partial charge in [-0.25, -0.2) is 0 Å². The van der Waals surface area contributed by atoms with Crippen LogP contribution < -0.4 is 0 Å². The molecule has 1 aromatic carbocycles. The van der Waals surface area contributed by atoms with Gasteiger partial charge in [0.25, 0.3) is 0 Å².